The van der Waals surface area contributed by atoms with Crippen LogP contribution in [0.5, 0.6) is 0 Å². The van der Waals surface area contributed by atoms with Gasteiger partial charge in [-0.25, -0.2) is 4.98 Å². The Bertz CT molecular complexity index is 201. The predicted molar refractivity (Wildman–Crippen MR) is 36.7 cm³/mol. The molecule has 10 heavy (non-hydrogen) atoms. The maximum absolute atomic E-state index is 8.47. The van der Waals surface area contributed by atoms with Gasteiger partial charge < -0.3 is 5.11 Å². The van der Waals surface area contributed by atoms with Gasteiger partial charge in [-0.3, -0.25) is 5.10 Å². The van der Waals surface area contributed by atoms with Gasteiger partial charge in [0.2, 0.25) is 0 Å². The molecule has 1 aromatic heterocycles. The molecule has 1 rings (SSSR count). The smallest absolute Gasteiger partial charge is 0.153 e. The summed E-state index contributed by atoms with van der Waals surface area (Å²) in [7, 11) is 0. The predicted octanol–water partition coefficient (Wildman–Crippen LogP) is 0.0783. The number of hydrogen-bond donors (Lipinski definition) is 2. The van der Waals surface area contributed by atoms with E-state index >= 15 is 0 Å². The summed E-state index contributed by atoms with van der Waals surface area (Å²) < 4.78 is 0. The molecule has 1 aromatic rings. The van der Waals surface area contributed by atoms with Crippen molar-refractivity contribution in [2.75, 3.05) is 6.61 Å². The topological polar surface area (TPSA) is 61.8 Å². The van der Waals surface area contributed by atoms with Crippen molar-refractivity contribution in [1.29, 1.82) is 0 Å². The second kappa shape index (κ2) is 3.53. The van der Waals surface area contributed by atoms with E-state index in [0.29, 0.717) is 23.9 Å². The van der Waals surface area contributed by atoms with Gasteiger partial charge in [-0.2, -0.15) is 5.10 Å². The first-order chi connectivity index (χ1) is 4.86. The molecular weight excluding hydrogens is 154 g/mol. The lowest BCUT2D eigenvalue weighted by molar-refractivity contribution is 0.296. The molecule has 0 aliphatic heterocycles. The number of hydrogen-bond acceptors (Lipinski definition) is 3. The van der Waals surface area contributed by atoms with Crippen LogP contribution in [-0.2, 0) is 12.3 Å². The Labute approximate surface area is 63.2 Å². The zero-order valence-electron chi connectivity index (χ0n) is 5.34. The molecule has 0 bridgehead atoms. The summed E-state index contributed by atoms with van der Waals surface area (Å²) in [6.45, 7) is 0.0690. The molecule has 0 aliphatic carbocycles. The summed E-state index contributed by atoms with van der Waals surface area (Å²) in [6, 6.07) is 0. The van der Waals surface area contributed by atoms with Gasteiger partial charge in [0.25, 0.3) is 0 Å². The van der Waals surface area contributed by atoms with E-state index in [1.54, 1.807) is 0 Å². The third-order valence-electron chi connectivity index (χ3n) is 1.04. The number of nitrogens with zero attached hydrogens (tertiary/aromatic N) is 2. The van der Waals surface area contributed by atoms with Crippen LogP contribution >= 0.6 is 11.6 Å². The van der Waals surface area contributed by atoms with Crippen LogP contribution in [0.25, 0.3) is 0 Å². The summed E-state index contributed by atoms with van der Waals surface area (Å²) in [6.07, 6.45) is 0.480. The van der Waals surface area contributed by atoms with E-state index < -0.39 is 0 Å². The van der Waals surface area contributed by atoms with Crippen LogP contribution in [0.15, 0.2) is 0 Å². The highest BCUT2D eigenvalue weighted by molar-refractivity contribution is 6.16. The van der Waals surface area contributed by atoms with Crippen LogP contribution in [0.4, 0.5) is 0 Å². The van der Waals surface area contributed by atoms with Gasteiger partial charge in [0, 0.05) is 6.42 Å². The molecule has 5 heteroatoms. The Morgan fingerprint density at radius 3 is 2.90 bits per heavy atom. The maximum Gasteiger partial charge on any atom is 0.153 e. The van der Waals surface area contributed by atoms with Crippen LogP contribution in [0.2, 0.25) is 0 Å². The van der Waals surface area contributed by atoms with E-state index in [1.807, 2.05) is 0 Å². The minimum Gasteiger partial charge on any atom is -0.396 e. The molecule has 0 saturated carbocycles. The standard InChI is InChI=1S/C5H8ClN3O/c6-3-5-7-4(1-2-10)8-9-5/h10H,1-3H2,(H,7,8,9). The lowest BCUT2D eigenvalue weighted by Crippen LogP contribution is -1.92. The number of rotatable bonds is 3. The number of nitrogens with one attached hydrogen (secondary N) is 1. The maximum atomic E-state index is 8.47. The summed E-state index contributed by atoms with van der Waals surface area (Å²) >= 11 is 5.44. The van der Waals surface area contributed by atoms with Crippen molar-refractivity contribution < 1.29 is 5.11 Å². The number of alkyl halides is 1. The summed E-state index contributed by atoms with van der Waals surface area (Å²) in [5, 5.41) is 14.9. The van der Waals surface area contributed by atoms with E-state index in [2.05, 4.69) is 15.2 Å². The van der Waals surface area contributed by atoms with Crippen molar-refractivity contribution in [2.45, 2.75) is 12.3 Å². The average Bonchev–Trinajstić information content (AvgIpc) is 2.37. The third-order valence-corrected chi connectivity index (χ3v) is 1.29. The van der Waals surface area contributed by atoms with E-state index in [0.717, 1.165) is 0 Å². The zero-order chi connectivity index (χ0) is 7.40. The summed E-state index contributed by atoms with van der Waals surface area (Å²) in [5.41, 5.74) is 0. The molecule has 0 atom stereocenters. The first-order valence-corrected chi connectivity index (χ1v) is 3.47. The van der Waals surface area contributed by atoms with Crippen LogP contribution < -0.4 is 0 Å². The number of halogens is 1. The average molecular weight is 162 g/mol. The largest absolute Gasteiger partial charge is 0.396 e. The monoisotopic (exact) mass is 161 g/mol. The van der Waals surface area contributed by atoms with Gasteiger partial charge in [0.1, 0.15) is 5.82 Å². The van der Waals surface area contributed by atoms with Crippen molar-refractivity contribution in [3.05, 3.63) is 11.6 Å². The van der Waals surface area contributed by atoms with E-state index in [4.69, 9.17) is 16.7 Å². The third kappa shape index (κ3) is 1.68. The second-order valence-electron chi connectivity index (χ2n) is 1.81. The van der Waals surface area contributed by atoms with Gasteiger partial charge >= 0.3 is 0 Å². The quantitative estimate of drug-likeness (QED) is 0.618. The molecule has 0 radical (unpaired) electrons. The number of aliphatic hydroxyl groups is 1. The van der Waals surface area contributed by atoms with Crippen molar-refractivity contribution in [2.24, 2.45) is 0 Å². The zero-order valence-corrected chi connectivity index (χ0v) is 6.10. The summed E-state index contributed by atoms with van der Waals surface area (Å²) in [5.74, 6) is 1.58. The molecular formula is C5H8ClN3O. The molecule has 0 fully saturated rings. The van der Waals surface area contributed by atoms with Crippen molar-refractivity contribution >= 4 is 11.6 Å². The Morgan fingerprint density at radius 2 is 2.40 bits per heavy atom. The molecule has 0 amide bonds. The Morgan fingerprint density at radius 1 is 1.60 bits per heavy atom. The molecule has 2 N–H and O–H groups in total. The van der Waals surface area contributed by atoms with Crippen molar-refractivity contribution in [1.82, 2.24) is 15.2 Å². The van der Waals surface area contributed by atoms with E-state index in [1.165, 1.54) is 0 Å². The normalized spacial score (nSPS) is 10.2. The number of aromatic amines is 1. The lowest BCUT2D eigenvalue weighted by atomic mass is 10.4. The van der Waals surface area contributed by atoms with Gasteiger partial charge in [0.05, 0.1) is 12.5 Å². The fourth-order valence-electron chi connectivity index (χ4n) is 0.606. The van der Waals surface area contributed by atoms with Crippen LogP contribution in [0.3, 0.4) is 0 Å². The molecule has 0 saturated heterocycles. The number of aliphatic hydroxyl groups excluding tert-OH is 1. The van der Waals surface area contributed by atoms with Gasteiger partial charge in [-0.05, 0) is 0 Å². The fourth-order valence-corrected chi connectivity index (χ4v) is 0.726. The van der Waals surface area contributed by atoms with Crippen molar-refractivity contribution in [3.63, 3.8) is 0 Å². The number of H-pyrrole nitrogens is 1. The fraction of sp³-hybridized carbons (Fsp3) is 0.600. The lowest BCUT2D eigenvalue weighted by Gasteiger charge is -1.83. The molecule has 0 aromatic carbocycles. The number of aromatic nitrogens is 3. The molecule has 0 spiro atoms. The minimum absolute atomic E-state index is 0.0690. The highest BCUT2D eigenvalue weighted by Gasteiger charge is 1.99. The van der Waals surface area contributed by atoms with Crippen LogP contribution in [-0.4, -0.2) is 26.9 Å². The van der Waals surface area contributed by atoms with E-state index in [-0.39, 0.29) is 6.61 Å². The Kier molecular flexibility index (Phi) is 2.65. The van der Waals surface area contributed by atoms with Gasteiger partial charge in [0.15, 0.2) is 5.82 Å². The molecule has 0 aliphatic rings. The molecule has 0 unspecified atom stereocenters. The highest BCUT2D eigenvalue weighted by atomic mass is 35.5. The molecule has 4 nitrogen and oxygen atoms in total. The Balaban J connectivity index is 2.59. The van der Waals surface area contributed by atoms with Gasteiger partial charge in [-0.1, -0.05) is 0 Å². The minimum atomic E-state index is 0.0690. The summed E-state index contributed by atoms with van der Waals surface area (Å²) in [4.78, 5) is 3.96. The Hall–Kier alpha value is -0.610. The van der Waals surface area contributed by atoms with Crippen molar-refractivity contribution in [3.8, 4) is 0 Å². The molecule has 1 heterocycles. The first kappa shape index (κ1) is 7.50. The second-order valence-corrected chi connectivity index (χ2v) is 2.07. The van der Waals surface area contributed by atoms with Crippen LogP contribution in [0, 0.1) is 0 Å². The SMILES string of the molecule is OCCc1n[nH]c(CCl)n1. The van der Waals surface area contributed by atoms with Crippen LogP contribution in [0.1, 0.15) is 11.6 Å². The first-order valence-electron chi connectivity index (χ1n) is 2.94. The van der Waals surface area contributed by atoms with E-state index in [9.17, 15) is 0 Å². The van der Waals surface area contributed by atoms with Gasteiger partial charge in [-0.15, -0.1) is 11.6 Å². The highest BCUT2D eigenvalue weighted by Crippen LogP contribution is 1.96. The molecule has 56 valence electrons.